The fraction of sp³-hybridized carbons (Fsp3) is 0.424. The van der Waals surface area contributed by atoms with E-state index in [1.54, 1.807) is 18.2 Å². The number of ether oxygens (including phenoxy) is 1. The Morgan fingerprint density at radius 2 is 1.82 bits per heavy atom. The van der Waals surface area contributed by atoms with Crippen molar-refractivity contribution in [2.75, 3.05) is 25.6 Å². The second-order valence-electron chi connectivity index (χ2n) is 11.7. The van der Waals surface area contributed by atoms with Gasteiger partial charge in [0.05, 0.1) is 12.7 Å². The third-order valence-corrected chi connectivity index (χ3v) is 9.44. The molecule has 3 aliphatic carbocycles. The minimum atomic E-state index is -1.19. The number of allylic oxidation sites excluding steroid dienone is 1. The Labute approximate surface area is 224 Å². The molecule has 6 rings (SSSR count). The molecule has 5 atom stereocenters. The van der Waals surface area contributed by atoms with Gasteiger partial charge in [0.25, 0.3) is 0 Å². The van der Waals surface area contributed by atoms with Crippen molar-refractivity contribution in [2.24, 2.45) is 11.3 Å². The van der Waals surface area contributed by atoms with Gasteiger partial charge in [-0.1, -0.05) is 30.9 Å². The SMILES string of the molecule is CN(C)c1ccc([C@H]2C[C@@]3(C)C(CC[C@@]3(O)C#Cc3ccc(F)cc3)C3OCC4=CC(=O)CCC4=C32)cc1. The summed E-state index contributed by atoms with van der Waals surface area (Å²) in [6.45, 7) is 2.61. The maximum atomic E-state index is 13.4. The van der Waals surface area contributed by atoms with Gasteiger partial charge in [0.1, 0.15) is 11.4 Å². The van der Waals surface area contributed by atoms with Gasteiger partial charge in [-0.2, -0.15) is 0 Å². The van der Waals surface area contributed by atoms with E-state index in [1.807, 2.05) is 14.1 Å². The number of fused-ring (bicyclic) bond motifs is 4. The maximum Gasteiger partial charge on any atom is 0.156 e. The van der Waals surface area contributed by atoms with Crippen LogP contribution in [0.4, 0.5) is 10.1 Å². The van der Waals surface area contributed by atoms with Gasteiger partial charge in [0, 0.05) is 43.1 Å². The number of nitrogens with zero attached hydrogens (tertiary/aromatic N) is 1. The number of aliphatic hydroxyl groups is 1. The van der Waals surface area contributed by atoms with Crippen LogP contribution < -0.4 is 4.90 Å². The zero-order valence-electron chi connectivity index (χ0n) is 22.3. The average molecular weight is 512 g/mol. The first-order valence-corrected chi connectivity index (χ1v) is 13.6. The van der Waals surface area contributed by atoms with Crippen molar-refractivity contribution < 1.29 is 19.0 Å². The van der Waals surface area contributed by atoms with Crippen molar-refractivity contribution in [3.8, 4) is 11.8 Å². The molecule has 0 bridgehead atoms. The summed E-state index contributed by atoms with van der Waals surface area (Å²) in [7, 11) is 4.07. The first-order chi connectivity index (χ1) is 18.2. The molecule has 196 valence electrons. The van der Waals surface area contributed by atoms with Gasteiger partial charge in [-0.25, -0.2) is 4.39 Å². The zero-order valence-corrected chi connectivity index (χ0v) is 22.3. The normalized spacial score (nSPS) is 32.0. The van der Waals surface area contributed by atoms with E-state index in [9.17, 15) is 14.3 Å². The summed E-state index contributed by atoms with van der Waals surface area (Å²) in [5, 5.41) is 12.1. The third-order valence-electron chi connectivity index (χ3n) is 9.44. The number of carbonyl (C=O) groups excluding carboxylic acids is 1. The van der Waals surface area contributed by atoms with Crippen LogP contribution in [-0.2, 0) is 9.53 Å². The lowest BCUT2D eigenvalue weighted by atomic mass is 9.55. The van der Waals surface area contributed by atoms with Crippen molar-refractivity contribution in [1.29, 1.82) is 0 Å². The Morgan fingerprint density at radius 1 is 1.08 bits per heavy atom. The highest BCUT2D eigenvalue weighted by Crippen LogP contribution is 2.64. The molecular weight excluding hydrogens is 477 g/mol. The lowest BCUT2D eigenvalue weighted by Crippen LogP contribution is -2.53. The Balaban J connectivity index is 1.45. The molecule has 2 aromatic rings. The minimum Gasteiger partial charge on any atom is -0.378 e. The van der Waals surface area contributed by atoms with E-state index in [2.05, 4.69) is 47.9 Å². The molecule has 2 saturated carbocycles. The van der Waals surface area contributed by atoms with Crippen LogP contribution in [0.1, 0.15) is 56.1 Å². The molecule has 4 nitrogen and oxygen atoms in total. The fourth-order valence-corrected chi connectivity index (χ4v) is 7.23. The number of hydrogen-bond acceptors (Lipinski definition) is 4. The molecule has 0 spiro atoms. The number of anilines is 1. The van der Waals surface area contributed by atoms with Crippen molar-refractivity contribution >= 4 is 11.5 Å². The number of halogens is 1. The van der Waals surface area contributed by atoms with Gasteiger partial charge in [-0.3, -0.25) is 4.79 Å². The van der Waals surface area contributed by atoms with E-state index >= 15 is 0 Å². The van der Waals surface area contributed by atoms with Gasteiger partial charge in [0.15, 0.2) is 5.78 Å². The summed E-state index contributed by atoms with van der Waals surface area (Å²) in [5.41, 5.74) is 4.95. The lowest BCUT2D eigenvalue weighted by molar-refractivity contribution is -0.115. The second-order valence-corrected chi connectivity index (χ2v) is 11.7. The fourth-order valence-electron chi connectivity index (χ4n) is 7.23. The largest absolute Gasteiger partial charge is 0.378 e. The van der Waals surface area contributed by atoms with Crippen LogP contribution in [-0.4, -0.2) is 43.3 Å². The quantitative estimate of drug-likeness (QED) is 0.536. The van der Waals surface area contributed by atoms with E-state index in [1.165, 1.54) is 28.8 Å². The lowest BCUT2D eigenvalue weighted by Gasteiger charge is -2.53. The van der Waals surface area contributed by atoms with Crippen LogP contribution in [0.2, 0.25) is 0 Å². The number of carbonyl (C=O) groups is 1. The molecular formula is C33H34FNO3. The summed E-state index contributed by atoms with van der Waals surface area (Å²) < 4.78 is 20.0. The molecule has 2 unspecified atom stereocenters. The predicted molar refractivity (Wildman–Crippen MR) is 146 cm³/mol. The highest BCUT2D eigenvalue weighted by molar-refractivity contribution is 5.93. The summed E-state index contributed by atoms with van der Waals surface area (Å²) in [6.07, 6.45) is 5.08. The molecule has 0 radical (unpaired) electrons. The van der Waals surface area contributed by atoms with E-state index in [0.29, 0.717) is 25.0 Å². The van der Waals surface area contributed by atoms with Gasteiger partial charge in [-0.05, 0) is 96.4 Å². The summed E-state index contributed by atoms with van der Waals surface area (Å²) in [6, 6.07) is 14.8. The molecule has 5 heteroatoms. The Hall–Kier alpha value is -3.20. The molecule has 0 aromatic heterocycles. The van der Waals surface area contributed by atoms with Crippen LogP contribution in [0, 0.1) is 29.0 Å². The molecule has 2 aromatic carbocycles. The summed E-state index contributed by atoms with van der Waals surface area (Å²) in [4.78, 5) is 14.3. The number of ketones is 1. The average Bonchev–Trinajstić information content (AvgIpc) is 3.18. The number of rotatable bonds is 2. The third kappa shape index (κ3) is 4.02. The van der Waals surface area contributed by atoms with E-state index in [0.717, 1.165) is 30.5 Å². The highest BCUT2D eigenvalue weighted by atomic mass is 19.1. The number of benzene rings is 2. The van der Waals surface area contributed by atoms with Crippen molar-refractivity contribution in [3.63, 3.8) is 0 Å². The molecule has 0 amide bonds. The molecule has 2 fully saturated rings. The summed E-state index contributed by atoms with van der Waals surface area (Å²) >= 11 is 0. The monoisotopic (exact) mass is 511 g/mol. The maximum absolute atomic E-state index is 13.4. The first kappa shape index (κ1) is 25.1. The van der Waals surface area contributed by atoms with Crippen LogP contribution in [0.5, 0.6) is 0 Å². The molecule has 1 aliphatic heterocycles. The van der Waals surface area contributed by atoms with Crippen LogP contribution in [0.15, 0.2) is 71.3 Å². The Morgan fingerprint density at radius 3 is 2.53 bits per heavy atom. The second kappa shape index (κ2) is 9.22. The number of hydrogen-bond donors (Lipinski definition) is 1. The molecule has 1 heterocycles. The molecule has 38 heavy (non-hydrogen) atoms. The molecule has 0 saturated heterocycles. The van der Waals surface area contributed by atoms with Gasteiger partial charge >= 0.3 is 0 Å². The van der Waals surface area contributed by atoms with Crippen molar-refractivity contribution in [2.45, 2.75) is 56.7 Å². The van der Waals surface area contributed by atoms with Crippen LogP contribution in [0.25, 0.3) is 0 Å². The zero-order chi connectivity index (χ0) is 26.7. The van der Waals surface area contributed by atoms with Crippen LogP contribution >= 0.6 is 0 Å². The molecule has 4 aliphatic rings. The van der Waals surface area contributed by atoms with E-state index in [-0.39, 0.29) is 29.5 Å². The smallest absolute Gasteiger partial charge is 0.156 e. The predicted octanol–water partition coefficient (Wildman–Crippen LogP) is 5.56. The minimum absolute atomic E-state index is 0.0570. The van der Waals surface area contributed by atoms with Gasteiger partial charge < -0.3 is 14.7 Å². The van der Waals surface area contributed by atoms with Crippen molar-refractivity contribution in [1.82, 2.24) is 0 Å². The van der Waals surface area contributed by atoms with E-state index in [4.69, 9.17) is 4.74 Å². The van der Waals surface area contributed by atoms with Gasteiger partial charge in [0.2, 0.25) is 0 Å². The van der Waals surface area contributed by atoms with Crippen molar-refractivity contribution in [3.05, 3.63) is 88.3 Å². The standard InChI is InChI=1S/C33H34FNO3/c1-32-19-28(22-6-10-25(11-7-22)35(2)3)30-27-13-12-26(36)18-23(27)20-38-31(30)29(32)15-17-33(32,37)16-14-21-4-8-24(34)9-5-21/h4-11,18,28-29,31,37H,12-13,15,17,19-20H2,1-3H3/t28-,29?,31?,32+,33+/m1/s1. The Kier molecular flexibility index (Phi) is 6.09. The summed E-state index contributed by atoms with van der Waals surface area (Å²) in [5.74, 6) is 6.42. The highest BCUT2D eigenvalue weighted by Gasteiger charge is 2.63. The Bertz CT molecular complexity index is 1390. The topological polar surface area (TPSA) is 49.8 Å². The van der Waals surface area contributed by atoms with Gasteiger partial charge in [-0.15, -0.1) is 0 Å². The van der Waals surface area contributed by atoms with Crippen LogP contribution in [0.3, 0.4) is 0 Å². The van der Waals surface area contributed by atoms with E-state index < -0.39 is 11.0 Å². The molecule has 1 N–H and O–H groups in total. The first-order valence-electron chi connectivity index (χ1n) is 13.6.